The molecule has 1 aromatic heterocycles. The maximum Gasteiger partial charge on any atom is 0.205 e. The Bertz CT molecular complexity index is 431. The number of nitrogens with zero attached hydrogens (tertiary/aromatic N) is 3. The number of hydrogen-bond donors (Lipinski definition) is 1. The van der Waals surface area contributed by atoms with Gasteiger partial charge in [0, 0.05) is 35.6 Å². The molecule has 2 saturated heterocycles. The van der Waals surface area contributed by atoms with Crippen molar-refractivity contribution in [1.29, 1.82) is 0 Å². The molecule has 3 rings (SSSR count). The van der Waals surface area contributed by atoms with Crippen molar-refractivity contribution in [2.75, 3.05) is 18.0 Å². The van der Waals surface area contributed by atoms with Gasteiger partial charge in [-0.2, -0.15) is 4.37 Å². The molecule has 5 heteroatoms. The summed E-state index contributed by atoms with van der Waals surface area (Å²) in [6.07, 6.45) is 5.21. The molecule has 2 unspecified atom stereocenters. The van der Waals surface area contributed by atoms with Crippen molar-refractivity contribution in [3.8, 4) is 0 Å². The minimum Gasteiger partial charge on any atom is -0.342 e. The van der Waals surface area contributed by atoms with E-state index < -0.39 is 0 Å². The fraction of sp³-hybridized carbons (Fsp3) is 0.857. The second-order valence-corrected chi connectivity index (χ2v) is 7.49. The Labute approximate surface area is 119 Å². The Kier molecular flexibility index (Phi) is 3.52. The van der Waals surface area contributed by atoms with Crippen molar-refractivity contribution >= 4 is 16.7 Å². The van der Waals surface area contributed by atoms with E-state index >= 15 is 0 Å². The first kappa shape index (κ1) is 13.3. The lowest BCUT2D eigenvalue weighted by molar-refractivity contribution is 0.481. The summed E-state index contributed by atoms with van der Waals surface area (Å²) in [6, 6.07) is 1.28. The van der Waals surface area contributed by atoms with Crippen LogP contribution in [0.25, 0.3) is 0 Å². The van der Waals surface area contributed by atoms with Gasteiger partial charge in [0.25, 0.3) is 0 Å². The van der Waals surface area contributed by atoms with Gasteiger partial charge < -0.3 is 10.2 Å². The number of hydrogen-bond acceptors (Lipinski definition) is 5. The molecule has 0 aliphatic carbocycles. The van der Waals surface area contributed by atoms with Crippen LogP contribution in [0.5, 0.6) is 0 Å². The molecule has 2 atom stereocenters. The van der Waals surface area contributed by atoms with Crippen molar-refractivity contribution in [3.05, 3.63) is 5.82 Å². The van der Waals surface area contributed by atoms with E-state index in [2.05, 4.69) is 35.4 Å². The van der Waals surface area contributed by atoms with Crippen LogP contribution in [0.2, 0.25) is 0 Å². The lowest BCUT2D eigenvalue weighted by Crippen LogP contribution is -2.44. The molecule has 4 nitrogen and oxygen atoms in total. The summed E-state index contributed by atoms with van der Waals surface area (Å²) < 4.78 is 4.56. The van der Waals surface area contributed by atoms with Crippen molar-refractivity contribution in [1.82, 2.24) is 14.7 Å². The van der Waals surface area contributed by atoms with E-state index in [1.54, 1.807) is 11.5 Å². The molecule has 0 amide bonds. The zero-order valence-electron chi connectivity index (χ0n) is 12.1. The monoisotopic (exact) mass is 280 g/mol. The van der Waals surface area contributed by atoms with Crippen LogP contribution in [0.1, 0.15) is 52.3 Å². The van der Waals surface area contributed by atoms with E-state index in [-0.39, 0.29) is 5.41 Å². The van der Waals surface area contributed by atoms with Crippen LogP contribution < -0.4 is 10.2 Å². The molecule has 0 saturated carbocycles. The van der Waals surface area contributed by atoms with Crippen LogP contribution >= 0.6 is 11.5 Å². The molecule has 19 heavy (non-hydrogen) atoms. The lowest BCUT2D eigenvalue weighted by atomic mass is 9.96. The van der Waals surface area contributed by atoms with Crippen molar-refractivity contribution in [3.63, 3.8) is 0 Å². The predicted molar refractivity (Wildman–Crippen MR) is 80.0 cm³/mol. The van der Waals surface area contributed by atoms with Gasteiger partial charge in [-0.05, 0) is 32.2 Å². The Morgan fingerprint density at radius 1 is 1.26 bits per heavy atom. The predicted octanol–water partition coefficient (Wildman–Crippen LogP) is 2.56. The van der Waals surface area contributed by atoms with Crippen LogP contribution in [0.3, 0.4) is 0 Å². The molecule has 2 aliphatic heterocycles. The average Bonchev–Trinajstić information content (AvgIpc) is 3.09. The molecule has 1 N–H and O–H groups in total. The van der Waals surface area contributed by atoms with Gasteiger partial charge in [0.1, 0.15) is 5.82 Å². The highest BCUT2D eigenvalue weighted by molar-refractivity contribution is 7.09. The highest BCUT2D eigenvalue weighted by atomic mass is 32.1. The van der Waals surface area contributed by atoms with E-state index in [0.717, 1.165) is 17.5 Å². The molecule has 2 aliphatic rings. The third-order valence-electron chi connectivity index (χ3n) is 4.19. The van der Waals surface area contributed by atoms with Crippen LogP contribution in [0.4, 0.5) is 5.13 Å². The zero-order chi connectivity index (χ0) is 13.5. The molecular weight excluding hydrogens is 256 g/mol. The maximum atomic E-state index is 4.79. The second-order valence-electron chi connectivity index (χ2n) is 6.76. The van der Waals surface area contributed by atoms with Gasteiger partial charge in [0.2, 0.25) is 5.13 Å². The first-order chi connectivity index (χ1) is 9.05. The number of rotatable bonds is 2. The third kappa shape index (κ3) is 2.63. The van der Waals surface area contributed by atoms with Gasteiger partial charge >= 0.3 is 0 Å². The topological polar surface area (TPSA) is 41.1 Å². The van der Waals surface area contributed by atoms with Crippen LogP contribution in [0.15, 0.2) is 0 Å². The van der Waals surface area contributed by atoms with Crippen molar-refractivity contribution < 1.29 is 0 Å². The van der Waals surface area contributed by atoms with Crippen LogP contribution in [-0.2, 0) is 5.41 Å². The van der Waals surface area contributed by atoms with Crippen LogP contribution in [0, 0.1) is 0 Å². The Morgan fingerprint density at radius 2 is 2.11 bits per heavy atom. The first-order valence-corrected chi connectivity index (χ1v) is 8.17. The molecule has 3 heterocycles. The average molecular weight is 280 g/mol. The molecule has 0 bridgehead atoms. The minimum absolute atomic E-state index is 0.0512. The van der Waals surface area contributed by atoms with E-state index in [1.165, 1.54) is 32.2 Å². The zero-order valence-corrected chi connectivity index (χ0v) is 13.0. The van der Waals surface area contributed by atoms with E-state index in [0.29, 0.717) is 12.1 Å². The summed E-state index contributed by atoms with van der Waals surface area (Å²) >= 11 is 1.57. The molecule has 1 aromatic rings. The highest BCUT2D eigenvalue weighted by Gasteiger charge is 2.35. The Morgan fingerprint density at radius 3 is 2.74 bits per heavy atom. The number of anilines is 1. The second kappa shape index (κ2) is 5.02. The maximum absolute atomic E-state index is 4.79. The molecule has 106 valence electrons. The summed E-state index contributed by atoms with van der Waals surface area (Å²) in [5.41, 5.74) is 0.0512. The molecule has 2 fully saturated rings. The Hall–Kier alpha value is -0.680. The Balaban J connectivity index is 1.78. The summed E-state index contributed by atoms with van der Waals surface area (Å²) in [6.45, 7) is 8.86. The van der Waals surface area contributed by atoms with E-state index in [9.17, 15) is 0 Å². The third-order valence-corrected chi connectivity index (χ3v) is 4.95. The normalized spacial score (nSPS) is 28.3. The largest absolute Gasteiger partial charge is 0.342 e. The minimum atomic E-state index is 0.0512. The summed E-state index contributed by atoms with van der Waals surface area (Å²) in [5.74, 6) is 0.984. The van der Waals surface area contributed by atoms with Gasteiger partial charge in [0.05, 0.1) is 0 Å². The fourth-order valence-electron chi connectivity index (χ4n) is 3.13. The van der Waals surface area contributed by atoms with Gasteiger partial charge in [-0.1, -0.05) is 20.8 Å². The van der Waals surface area contributed by atoms with E-state index in [1.807, 2.05) is 0 Å². The standard InChI is InChI=1S/C14H24N4S/c1-14(2,3)12-16-13(19-17-12)18-9-5-7-11(18)10-6-4-8-15-10/h10-11,15H,4-9H2,1-3H3. The summed E-state index contributed by atoms with van der Waals surface area (Å²) in [4.78, 5) is 7.29. The van der Waals surface area contributed by atoms with E-state index in [4.69, 9.17) is 4.98 Å². The quantitative estimate of drug-likeness (QED) is 0.904. The van der Waals surface area contributed by atoms with Gasteiger partial charge in [-0.25, -0.2) is 4.98 Å². The van der Waals surface area contributed by atoms with Gasteiger partial charge in [0.15, 0.2) is 0 Å². The first-order valence-electron chi connectivity index (χ1n) is 7.40. The van der Waals surface area contributed by atoms with Crippen LogP contribution in [-0.4, -0.2) is 34.5 Å². The fourth-order valence-corrected chi connectivity index (χ4v) is 4.07. The van der Waals surface area contributed by atoms with Gasteiger partial charge in [-0.3, -0.25) is 0 Å². The smallest absolute Gasteiger partial charge is 0.205 e. The SMILES string of the molecule is CC(C)(C)c1nsc(N2CCCC2C2CCCN2)n1. The number of nitrogens with one attached hydrogen (secondary N) is 1. The molecule has 0 aromatic carbocycles. The van der Waals surface area contributed by atoms with Gasteiger partial charge in [-0.15, -0.1) is 0 Å². The summed E-state index contributed by atoms with van der Waals surface area (Å²) in [5, 5.41) is 4.78. The molecular formula is C14H24N4S. The van der Waals surface area contributed by atoms with Crippen molar-refractivity contribution in [2.45, 2.75) is 64.0 Å². The number of aromatic nitrogens is 2. The molecule has 0 radical (unpaired) electrons. The molecule has 0 spiro atoms. The summed E-state index contributed by atoms with van der Waals surface area (Å²) in [7, 11) is 0. The van der Waals surface area contributed by atoms with Crippen molar-refractivity contribution in [2.24, 2.45) is 0 Å². The highest BCUT2D eigenvalue weighted by Crippen LogP contribution is 2.32. The lowest BCUT2D eigenvalue weighted by Gasteiger charge is -2.28.